The van der Waals surface area contributed by atoms with Gasteiger partial charge in [-0.3, -0.25) is 14.6 Å². The number of aromatic nitrogens is 1. The van der Waals surface area contributed by atoms with E-state index in [4.69, 9.17) is 4.74 Å². The summed E-state index contributed by atoms with van der Waals surface area (Å²) in [7, 11) is 0. The topological polar surface area (TPSA) is 71.5 Å². The molecule has 6 heteroatoms. The molecule has 1 saturated heterocycles. The average Bonchev–Trinajstić information content (AvgIpc) is 3.25. The highest BCUT2D eigenvalue weighted by Gasteiger charge is 2.43. The van der Waals surface area contributed by atoms with Crippen LogP contribution in [-0.4, -0.2) is 52.5 Å². The summed E-state index contributed by atoms with van der Waals surface area (Å²) in [5.74, 6) is -0.275. The van der Waals surface area contributed by atoms with Crippen molar-refractivity contribution < 1.29 is 14.3 Å². The SMILES string of the molecule is CC[C@](C)(C(=O)NC1CCCCC1)N(C[C@@H]1CCCO1)C(=O)c1ccccn1. The van der Waals surface area contributed by atoms with Crippen LogP contribution in [0.4, 0.5) is 0 Å². The van der Waals surface area contributed by atoms with Crippen molar-refractivity contribution in [3.63, 3.8) is 0 Å². The summed E-state index contributed by atoms with van der Waals surface area (Å²) in [4.78, 5) is 32.6. The fourth-order valence-electron chi connectivity index (χ4n) is 4.19. The second-order valence-electron chi connectivity index (χ2n) is 8.20. The van der Waals surface area contributed by atoms with Crippen LogP contribution in [-0.2, 0) is 9.53 Å². The normalized spacial score (nSPS) is 22.4. The lowest BCUT2D eigenvalue weighted by molar-refractivity contribution is -0.133. The Kier molecular flexibility index (Phi) is 7.05. The number of hydrogen-bond acceptors (Lipinski definition) is 4. The monoisotopic (exact) mass is 387 g/mol. The number of nitrogens with one attached hydrogen (secondary N) is 1. The highest BCUT2D eigenvalue weighted by atomic mass is 16.5. The Morgan fingerprint density at radius 1 is 1.21 bits per heavy atom. The van der Waals surface area contributed by atoms with Crippen LogP contribution in [0.3, 0.4) is 0 Å². The lowest BCUT2D eigenvalue weighted by atomic mass is 9.90. The minimum absolute atomic E-state index is 0.0268. The van der Waals surface area contributed by atoms with Gasteiger partial charge in [0.15, 0.2) is 0 Å². The van der Waals surface area contributed by atoms with E-state index >= 15 is 0 Å². The molecule has 2 atom stereocenters. The Balaban J connectivity index is 1.83. The summed E-state index contributed by atoms with van der Waals surface area (Å²) in [6.45, 7) is 4.97. The number of pyridine rings is 1. The number of rotatable bonds is 7. The van der Waals surface area contributed by atoms with E-state index in [0.29, 0.717) is 25.3 Å². The van der Waals surface area contributed by atoms with Gasteiger partial charge in [-0.25, -0.2) is 0 Å². The zero-order chi connectivity index (χ0) is 20.0. The van der Waals surface area contributed by atoms with Crippen molar-refractivity contribution in [2.75, 3.05) is 13.2 Å². The van der Waals surface area contributed by atoms with Gasteiger partial charge in [-0.15, -0.1) is 0 Å². The zero-order valence-electron chi connectivity index (χ0n) is 17.2. The van der Waals surface area contributed by atoms with Crippen molar-refractivity contribution in [3.05, 3.63) is 30.1 Å². The predicted octanol–water partition coefficient (Wildman–Crippen LogP) is 3.32. The summed E-state index contributed by atoms with van der Waals surface area (Å²) in [6.07, 6.45) is 9.61. The van der Waals surface area contributed by atoms with Crippen molar-refractivity contribution in [1.82, 2.24) is 15.2 Å². The molecule has 0 radical (unpaired) electrons. The van der Waals surface area contributed by atoms with Crippen molar-refractivity contribution in [2.45, 2.75) is 82.9 Å². The van der Waals surface area contributed by atoms with Crippen LogP contribution in [0.5, 0.6) is 0 Å². The maximum Gasteiger partial charge on any atom is 0.273 e. The molecule has 2 heterocycles. The number of ether oxygens (including phenoxy) is 1. The second-order valence-corrected chi connectivity index (χ2v) is 8.20. The number of amides is 2. The van der Waals surface area contributed by atoms with Gasteiger partial charge in [0.1, 0.15) is 11.2 Å². The third-order valence-corrected chi connectivity index (χ3v) is 6.25. The fraction of sp³-hybridized carbons (Fsp3) is 0.682. The quantitative estimate of drug-likeness (QED) is 0.779. The van der Waals surface area contributed by atoms with Crippen LogP contribution < -0.4 is 5.32 Å². The lowest BCUT2D eigenvalue weighted by Crippen LogP contribution is -2.61. The summed E-state index contributed by atoms with van der Waals surface area (Å²) < 4.78 is 5.79. The molecule has 1 aromatic heterocycles. The van der Waals surface area contributed by atoms with Crippen molar-refractivity contribution >= 4 is 11.8 Å². The minimum atomic E-state index is -0.933. The first-order valence-electron chi connectivity index (χ1n) is 10.7. The molecular formula is C22H33N3O3. The Morgan fingerprint density at radius 2 is 2.00 bits per heavy atom. The molecule has 1 saturated carbocycles. The van der Waals surface area contributed by atoms with E-state index in [9.17, 15) is 9.59 Å². The highest BCUT2D eigenvalue weighted by Crippen LogP contribution is 2.27. The molecule has 6 nitrogen and oxygen atoms in total. The molecule has 2 fully saturated rings. The highest BCUT2D eigenvalue weighted by molar-refractivity contribution is 5.98. The molecule has 0 unspecified atom stereocenters. The van der Waals surface area contributed by atoms with Crippen LogP contribution >= 0.6 is 0 Å². The Morgan fingerprint density at radius 3 is 2.61 bits per heavy atom. The maximum atomic E-state index is 13.4. The molecule has 28 heavy (non-hydrogen) atoms. The van der Waals surface area contributed by atoms with Crippen molar-refractivity contribution in [2.24, 2.45) is 0 Å². The third kappa shape index (κ3) is 4.72. The van der Waals surface area contributed by atoms with Crippen LogP contribution in [0.25, 0.3) is 0 Å². The molecule has 1 aliphatic carbocycles. The van der Waals surface area contributed by atoms with Gasteiger partial charge in [0.05, 0.1) is 6.10 Å². The van der Waals surface area contributed by atoms with Crippen LogP contribution in [0.15, 0.2) is 24.4 Å². The minimum Gasteiger partial charge on any atom is -0.376 e. The summed E-state index contributed by atoms with van der Waals surface area (Å²) in [5, 5.41) is 3.23. The molecule has 2 aliphatic rings. The van der Waals surface area contributed by atoms with Gasteiger partial charge in [-0.05, 0) is 51.2 Å². The van der Waals surface area contributed by atoms with Crippen LogP contribution in [0.1, 0.15) is 75.7 Å². The first-order chi connectivity index (χ1) is 13.5. The summed E-state index contributed by atoms with van der Waals surface area (Å²) >= 11 is 0. The number of carbonyl (C=O) groups is 2. The molecule has 0 bridgehead atoms. The van der Waals surface area contributed by atoms with Gasteiger partial charge < -0.3 is 15.0 Å². The van der Waals surface area contributed by atoms with Crippen LogP contribution in [0.2, 0.25) is 0 Å². The molecule has 3 rings (SSSR count). The zero-order valence-corrected chi connectivity index (χ0v) is 17.2. The summed E-state index contributed by atoms with van der Waals surface area (Å²) in [5.41, 5.74) is -0.566. The average molecular weight is 388 g/mol. The lowest BCUT2D eigenvalue weighted by Gasteiger charge is -2.41. The fourth-order valence-corrected chi connectivity index (χ4v) is 4.19. The largest absolute Gasteiger partial charge is 0.376 e. The van der Waals surface area contributed by atoms with E-state index < -0.39 is 5.54 Å². The number of nitrogens with zero attached hydrogens (tertiary/aromatic N) is 2. The maximum absolute atomic E-state index is 13.4. The first kappa shape index (κ1) is 20.8. The van der Waals surface area contributed by atoms with E-state index in [1.54, 1.807) is 29.3 Å². The van der Waals surface area contributed by atoms with Crippen molar-refractivity contribution in [3.8, 4) is 0 Å². The second kappa shape index (κ2) is 9.50. The van der Waals surface area contributed by atoms with Crippen LogP contribution in [0, 0.1) is 0 Å². The Labute approximate surface area is 168 Å². The van der Waals surface area contributed by atoms with E-state index in [0.717, 1.165) is 38.5 Å². The standard InChI is InChI=1S/C22H33N3O3/c1-3-22(2,21(27)24-17-10-5-4-6-11-17)25(16-18-12-9-15-28-18)20(26)19-13-7-8-14-23-19/h7-8,13-14,17-18H,3-6,9-12,15-16H2,1-2H3,(H,24,27)/t18-,22+/m0/s1. The molecule has 2 amide bonds. The molecule has 1 aromatic rings. The Hall–Kier alpha value is -1.95. The van der Waals surface area contributed by atoms with E-state index in [2.05, 4.69) is 10.3 Å². The van der Waals surface area contributed by atoms with E-state index in [-0.39, 0.29) is 24.0 Å². The molecule has 1 N–H and O–H groups in total. The smallest absolute Gasteiger partial charge is 0.273 e. The van der Waals surface area contributed by atoms with Gasteiger partial charge in [0, 0.05) is 25.4 Å². The molecular weight excluding hydrogens is 354 g/mol. The molecule has 1 aliphatic heterocycles. The Bertz CT molecular complexity index is 654. The number of carbonyl (C=O) groups excluding carboxylic acids is 2. The first-order valence-corrected chi connectivity index (χ1v) is 10.7. The van der Waals surface area contributed by atoms with Gasteiger partial charge in [0.2, 0.25) is 5.91 Å². The number of hydrogen-bond donors (Lipinski definition) is 1. The molecule has 0 spiro atoms. The van der Waals surface area contributed by atoms with Gasteiger partial charge in [0.25, 0.3) is 5.91 Å². The van der Waals surface area contributed by atoms with E-state index in [1.807, 2.05) is 13.8 Å². The third-order valence-electron chi connectivity index (χ3n) is 6.25. The molecule has 0 aromatic carbocycles. The van der Waals surface area contributed by atoms with Gasteiger partial charge in [-0.2, -0.15) is 0 Å². The molecule has 154 valence electrons. The van der Waals surface area contributed by atoms with Crippen molar-refractivity contribution in [1.29, 1.82) is 0 Å². The summed E-state index contributed by atoms with van der Waals surface area (Å²) in [6, 6.07) is 5.51. The van der Waals surface area contributed by atoms with Gasteiger partial charge >= 0.3 is 0 Å². The van der Waals surface area contributed by atoms with Gasteiger partial charge in [-0.1, -0.05) is 32.3 Å². The predicted molar refractivity (Wildman–Crippen MR) is 108 cm³/mol. The van der Waals surface area contributed by atoms with E-state index in [1.165, 1.54) is 6.42 Å².